The van der Waals surface area contributed by atoms with Crippen LogP contribution < -0.4 is 4.90 Å². The number of piperidine rings is 1. The molecular weight excluding hydrogens is 338 g/mol. The number of nitrogens with zero attached hydrogens (tertiary/aromatic N) is 3. The second-order valence-electron chi connectivity index (χ2n) is 7.12. The average molecular weight is 365 g/mol. The molecule has 0 spiro atoms. The molecule has 0 aliphatic carbocycles. The molecule has 0 radical (unpaired) electrons. The zero-order chi connectivity index (χ0) is 18.0. The van der Waals surface area contributed by atoms with Gasteiger partial charge in [0.15, 0.2) is 9.84 Å². The van der Waals surface area contributed by atoms with Gasteiger partial charge in [0.25, 0.3) is 5.91 Å². The summed E-state index contributed by atoms with van der Waals surface area (Å²) in [6.07, 6.45) is 6.52. The minimum Gasteiger partial charge on any atom is -0.370 e. The third kappa shape index (κ3) is 3.97. The zero-order valence-corrected chi connectivity index (χ0v) is 15.8. The van der Waals surface area contributed by atoms with Crippen LogP contribution in [0.3, 0.4) is 0 Å². The van der Waals surface area contributed by atoms with E-state index in [4.69, 9.17) is 0 Å². The van der Waals surface area contributed by atoms with Crippen LogP contribution in [0.5, 0.6) is 0 Å². The van der Waals surface area contributed by atoms with Gasteiger partial charge in [-0.25, -0.2) is 8.42 Å². The first-order chi connectivity index (χ1) is 11.9. The predicted octanol–water partition coefficient (Wildman–Crippen LogP) is 2.11. The van der Waals surface area contributed by atoms with Crippen molar-refractivity contribution >= 4 is 21.4 Å². The van der Waals surface area contributed by atoms with Crippen molar-refractivity contribution in [1.29, 1.82) is 0 Å². The number of hydrogen-bond acceptors (Lipinski definition) is 5. The maximum Gasteiger partial charge on any atom is 0.272 e. The molecule has 1 aromatic rings. The van der Waals surface area contributed by atoms with Crippen molar-refractivity contribution in [3.8, 4) is 0 Å². The maximum absolute atomic E-state index is 12.9. The Morgan fingerprint density at radius 3 is 2.84 bits per heavy atom. The van der Waals surface area contributed by atoms with Crippen LogP contribution in [-0.4, -0.2) is 61.4 Å². The van der Waals surface area contributed by atoms with Crippen molar-refractivity contribution in [3.05, 3.63) is 24.0 Å². The van der Waals surface area contributed by atoms with Crippen molar-refractivity contribution in [3.63, 3.8) is 0 Å². The molecule has 138 valence electrons. The van der Waals surface area contributed by atoms with Crippen LogP contribution >= 0.6 is 0 Å². The number of likely N-dealkylation sites (tertiary alicyclic amines) is 1. The minimum atomic E-state index is -2.94. The van der Waals surface area contributed by atoms with Gasteiger partial charge in [0.1, 0.15) is 5.69 Å². The van der Waals surface area contributed by atoms with E-state index in [1.54, 1.807) is 12.3 Å². The summed E-state index contributed by atoms with van der Waals surface area (Å²) in [5.74, 6) is 0.407. The summed E-state index contributed by atoms with van der Waals surface area (Å²) in [4.78, 5) is 21.1. The number of pyridine rings is 1. The Bertz CT molecular complexity index is 735. The van der Waals surface area contributed by atoms with Gasteiger partial charge in [0.2, 0.25) is 0 Å². The van der Waals surface area contributed by atoms with E-state index >= 15 is 0 Å². The van der Waals surface area contributed by atoms with E-state index in [-0.39, 0.29) is 23.5 Å². The Balaban J connectivity index is 1.78. The summed E-state index contributed by atoms with van der Waals surface area (Å²) in [7, 11) is -1.04. The normalized spacial score (nSPS) is 25.8. The molecule has 2 saturated heterocycles. The number of hydrogen-bond donors (Lipinski definition) is 0. The lowest BCUT2D eigenvalue weighted by Crippen LogP contribution is -2.43. The second kappa shape index (κ2) is 7.32. The maximum atomic E-state index is 12.9. The van der Waals surface area contributed by atoms with Crippen LogP contribution in [0.1, 0.15) is 49.5 Å². The van der Waals surface area contributed by atoms with E-state index in [0.717, 1.165) is 31.5 Å². The molecule has 2 atom stereocenters. The third-order valence-corrected chi connectivity index (χ3v) is 7.24. The quantitative estimate of drug-likeness (QED) is 0.817. The van der Waals surface area contributed by atoms with Gasteiger partial charge in [-0.3, -0.25) is 9.78 Å². The number of carbonyl (C=O) groups is 1. The van der Waals surface area contributed by atoms with Gasteiger partial charge in [-0.1, -0.05) is 6.92 Å². The summed E-state index contributed by atoms with van der Waals surface area (Å²) in [5, 5.41) is 0. The first kappa shape index (κ1) is 18.2. The molecule has 0 bridgehead atoms. The fourth-order valence-corrected chi connectivity index (χ4v) is 5.66. The number of anilines is 1. The number of amides is 1. The van der Waals surface area contributed by atoms with E-state index in [2.05, 4.69) is 11.9 Å². The van der Waals surface area contributed by atoms with Gasteiger partial charge in [-0.15, -0.1) is 0 Å². The minimum absolute atomic E-state index is 0.0131. The zero-order valence-electron chi connectivity index (χ0n) is 15.0. The summed E-state index contributed by atoms with van der Waals surface area (Å²) in [5.41, 5.74) is 1.30. The molecule has 1 aromatic heterocycles. The Morgan fingerprint density at radius 1 is 1.36 bits per heavy atom. The SMILES string of the molecule is CCC1CCCCN1C(=O)c1cc(N(C)C2CCS(=O)(=O)C2)ccn1. The predicted molar refractivity (Wildman–Crippen MR) is 98.7 cm³/mol. The topological polar surface area (TPSA) is 70.6 Å². The van der Waals surface area contributed by atoms with Gasteiger partial charge < -0.3 is 9.80 Å². The van der Waals surface area contributed by atoms with Crippen molar-refractivity contribution < 1.29 is 13.2 Å². The van der Waals surface area contributed by atoms with Crippen LogP contribution in [0.2, 0.25) is 0 Å². The van der Waals surface area contributed by atoms with Gasteiger partial charge in [0.05, 0.1) is 11.5 Å². The van der Waals surface area contributed by atoms with Gasteiger partial charge in [0, 0.05) is 37.6 Å². The Labute approximate surface area is 150 Å². The summed E-state index contributed by atoms with van der Waals surface area (Å²) < 4.78 is 23.5. The molecule has 2 fully saturated rings. The van der Waals surface area contributed by atoms with Crippen molar-refractivity contribution in [2.45, 2.75) is 51.1 Å². The van der Waals surface area contributed by atoms with E-state index < -0.39 is 9.84 Å². The first-order valence-electron chi connectivity index (χ1n) is 9.11. The second-order valence-corrected chi connectivity index (χ2v) is 9.35. The van der Waals surface area contributed by atoms with Crippen LogP contribution in [-0.2, 0) is 9.84 Å². The average Bonchev–Trinajstić information content (AvgIpc) is 3.00. The van der Waals surface area contributed by atoms with Gasteiger partial charge in [-0.2, -0.15) is 0 Å². The summed E-state index contributed by atoms with van der Waals surface area (Å²) in [6, 6.07) is 3.90. The highest BCUT2D eigenvalue weighted by atomic mass is 32.2. The van der Waals surface area contributed by atoms with Gasteiger partial charge in [-0.05, 0) is 44.2 Å². The molecule has 2 aliphatic rings. The monoisotopic (exact) mass is 365 g/mol. The van der Waals surface area contributed by atoms with E-state index in [0.29, 0.717) is 18.2 Å². The molecule has 6 nitrogen and oxygen atoms in total. The molecule has 25 heavy (non-hydrogen) atoms. The fraction of sp³-hybridized carbons (Fsp3) is 0.667. The number of rotatable bonds is 4. The van der Waals surface area contributed by atoms with Crippen molar-refractivity contribution in [2.75, 3.05) is 30.0 Å². The van der Waals surface area contributed by atoms with Crippen LogP contribution in [0.4, 0.5) is 5.69 Å². The molecule has 3 rings (SSSR count). The highest BCUT2D eigenvalue weighted by Gasteiger charge is 2.32. The van der Waals surface area contributed by atoms with Crippen LogP contribution in [0.15, 0.2) is 18.3 Å². The van der Waals surface area contributed by atoms with E-state index in [9.17, 15) is 13.2 Å². The van der Waals surface area contributed by atoms with Crippen LogP contribution in [0, 0.1) is 0 Å². The smallest absolute Gasteiger partial charge is 0.272 e. The van der Waals surface area contributed by atoms with Crippen molar-refractivity contribution in [1.82, 2.24) is 9.88 Å². The highest BCUT2D eigenvalue weighted by molar-refractivity contribution is 7.91. The molecule has 0 aromatic carbocycles. The lowest BCUT2D eigenvalue weighted by molar-refractivity contribution is 0.0602. The number of sulfone groups is 1. The molecule has 7 heteroatoms. The first-order valence-corrected chi connectivity index (χ1v) is 10.9. The molecule has 1 amide bonds. The third-order valence-electron chi connectivity index (χ3n) is 5.49. The van der Waals surface area contributed by atoms with Gasteiger partial charge >= 0.3 is 0 Å². The number of aromatic nitrogens is 1. The van der Waals surface area contributed by atoms with E-state index in [1.807, 2.05) is 22.9 Å². The molecule has 2 unspecified atom stereocenters. The summed E-state index contributed by atoms with van der Waals surface area (Å²) >= 11 is 0. The summed E-state index contributed by atoms with van der Waals surface area (Å²) in [6.45, 7) is 2.91. The van der Waals surface area contributed by atoms with Crippen LogP contribution in [0.25, 0.3) is 0 Å². The Hall–Kier alpha value is -1.63. The Morgan fingerprint density at radius 2 is 2.16 bits per heavy atom. The molecule has 0 N–H and O–H groups in total. The lowest BCUT2D eigenvalue weighted by atomic mass is 9.99. The highest BCUT2D eigenvalue weighted by Crippen LogP contribution is 2.25. The fourth-order valence-electron chi connectivity index (χ4n) is 3.89. The lowest BCUT2D eigenvalue weighted by Gasteiger charge is -2.35. The Kier molecular flexibility index (Phi) is 5.32. The largest absolute Gasteiger partial charge is 0.370 e. The molecule has 3 heterocycles. The van der Waals surface area contributed by atoms with E-state index in [1.165, 1.54) is 6.42 Å². The standard InChI is InChI=1S/C18H27N3O3S/c1-3-14-6-4-5-10-21(14)18(22)17-12-15(7-9-19-17)20(2)16-8-11-25(23,24)13-16/h7,9,12,14,16H,3-6,8,10-11,13H2,1-2H3. The van der Waals surface area contributed by atoms with Crippen molar-refractivity contribution in [2.24, 2.45) is 0 Å². The number of carbonyl (C=O) groups excluding carboxylic acids is 1. The molecular formula is C18H27N3O3S. The molecule has 0 saturated carbocycles. The molecule has 2 aliphatic heterocycles.